The second-order valence-corrected chi connectivity index (χ2v) is 12.3. The third kappa shape index (κ3) is 6.40. The second-order valence-electron chi connectivity index (χ2n) is 12.3. The third-order valence-electron chi connectivity index (χ3n) is 8.22. The monoisotopic (exact) mass is 625 g/mol. The van der Waals surface area contributed by atoms with Crippen molar-refractivity contribution in [1.29, 1.82) is 0 Å². The summed E-state index contributed by atoms with van der Waals surface area (Å²) in [6.45, 7) is 7.82. The van der Waals surface area contributed by atoms with Gasteiger partial charge in [-0.3, -0.25) is 9.69 Å². The van der Waals surface area contributed by atoms with E-state index in [1.165, 1.54) is 16.7 Å². The summed E-state index contributed by atoms with van der Waals surface area (Å²) in [6.07, 6.45) is -1.91. The Balaban J connectivity index is 1.38. The molecule has 45 heavy (non-hydrogen) atoms. The maximum atomic E-state index is 14.3. The normalized spacial score (nSPS) is 16.6. The average molecular weight is 626 g/mol. The number of benzene rings is 2. The lowest BCUT2D eigenvalue weighted by Crippen LogP contribution is -2.50. The van der Waals surface area contributed by atoms with E-state index in [-0.39, 0.29) is 16.9 Å². The van der Waals surface area contributed by atoms with Crippen molar-refractivity contribution in [2.24, 2.45) is 0 Å². The first-order chi connectivity index (χ1) is 21.3. The fraction of sp³-hybridized carbons (Fsp3) is 0.406. The van der Waals surface area contributed by atoms with Crippen LogP contribution < -0.4 is 15.2 Å². The fourth-order valence-corrected chi connectivity index (χ4v) is 6.12. The molecule has 4 aromatic rings. The Labute approximate surface area is 256 Å². The van der Waals surface area contributed by atoms with Crippen LogP contribution in [-0.4, -0.2) is 82.0 Å². The van der Waals surface area contributed by atoms with Crippen LogP contribution in [0, 0.1) is 0 Å². The zero-order valence-corrected chi connectivity index (χ0v) is 25.0. The number of halogens is 3. The lowest BCUT2D eigenvalue weighted by Gasteiger charge is -2.36. The molecular weight excluding hydrogens is 591 g/mol. The van der Waals surface area contributed by atoms with Gasteiger partial charge in [0, 0.05) is 75.5 Å². The van der Waals surface area contributed by atoms with Crippen molar-refractivity contribution in [1.82, 2.24) is 14.5 Å². The number of anilines is 2. The van der Waals surface area contributed by atoms with Crippen LogP contribution in [0.2, 0.25) is 0 Å². The summed E-state index contributed by atoms with van der Waals surface area (Å²) in [5.41, 5.74) is -1.35. The van der Waals surface area contributed by atoms with Crippen molar-refractivity contribution in [3.63, 3.8) is 0 Å². The molecule has 0 amide bonds. The van der Waals surface area contributed by atoms with Gasteiger partial charge < -0.3 is 29.0 Å². The number of carboxylic acids is 1. The molecule has 13 heteroatoms. The topological polar surface area (TPSA) is 115 Å². The number of oxazole rings is 1. The molecule has 238 valence electrons. The van der Waals surface area contributed by atoms with Crippen molar-refractivity contribution in [2.45, 2.75) is 38.5 Å². The molecule has 0 bridgehead atoms. The molecule has 2 fully saturated rings. The van der Waals surface area contributed by atoms with Gasteiger partial charge in [0.1, 0.15) is 11.1 Å². The van der Waals surface area contributed by atoms with Crippen LogP contribution >= 0.6 is 0 Å². The van der Waals surface area contributed by atoms with Gasteiger partial charge in [-0.2, -0.15) is 18.2 Å². The van der Waals surface area contributed by atoms with Crippen molar-refractivity contribution in [2.75, 3.05) is 55.6 Å². The smallest absolute Gasteiger partial charge is 0.418 e. The molecule has 2 aromatic heterocycles. The molecule has 0 unspecified atom stereocenters. The number of nitrogens with zero attached hydrogens (tertiary/aromatic N) is 5. The summed E-state index contributed by atoms with van der Waals surface area (Å²) in [7, 11) is 0. The van der Waals surface area contributed by atoms with E-state index >= 15 is 0 Å². The quantitative estimate of drug-likeness (QED) is 0.297. The van der Waals surface area contributed by atoms with Crippen LogP contribution in [0.25, 0.3) is 28.0 Å². The zero-order valence-electron chi connectivity index (χ0n) is 25.0. The fourth-order valence-electron chi connectivity index (χ4n) is 6.12. The van der Waals surface area contributed by atoms with Crippen LogP contribution in [0.3, 0.4) is 0 Å². The maximum absolute atomic E-state index is 14.3. The Bertz CT molecular complexity index is 1800. The van der Waals surface area contributed by atoms with Crippen LogP contribution in [0.4, 0.5) is 24.9 Å². The highest BCUT2D eigenvalue weighted by Gasteiger charge is 2.36. The second kappa shape index (κ2) is 11.5. The first-order valence-corrected chi connectivity index (χ1v) is 14.8. The largest absolute Gasteiger partial charge is 0.477 e. The summed E-state index contributed by atoms with van der Waals surface area (Å²) >= 11 is 0. The first kappa shape index (κ1) is 30.7. The van der Waals surface area contributed by atoms with Gasteiger partial charge in [-0.25, -0.2) is 4.79 Å². The van der Waals surface area contributed by atoms with E-state index in [2.05, 4.69) is 9.88 Å². The highest BCUT2D eigenvalue weighted by Crippen LogP contribution is 2.40. The number of carbonyl (C=O) groups is 1. The zero-order chi connectivity index (χ0) is 32.1. The molecule has 0 saturated carbocycles. The molecular formula is C32H34F3N5O5. The number of aromatic nitrogens is 2. The predicted octanol–water partition coefficient (Wildman–Crippen LogP) is 4.86. The molecule has 0 spiro atoms. The van der Waals surface area contributed by atoms with Gasteiger partial charge in [0.25, 0.3) is 6.01 Å². The highest BCUT2D eigenvalue weighted by molar-refractivity contribution is 5.88. The molecule has 4 heterocycles. The minimum atomic E-state index is -4.64. The molecule has 6 rings (SSSR count). The van der Waals surface area contributed by atoms with Gasteiger partial charge in [-0.15, -0.1) is 0 Å². The van der Waals surface area contributed by atoms with Crippen LogP contribution in [0.5, 0.6) is 0 Å². The van der Waals surface area contributed by atoms with Gasteiger partial charge in [-0.1, -0.05) is 6.07 Å². The number of hydrogen-bond donors (Lipinski definition) is 2. The van der Waals surface area contributed by atoms with Crippen LogP contribution in [0.15, 0.2) is 57.9 Å². The minimum Gasteiger partial charge on any atom is -0.477 e. The van der Waals surface area contributed by atoms with E-state index in [9.17, 15) is 33.0 Å². The Kier molecular flexibility index (Phi) is 7.86. The van der Waals surface area contributed by atoms with Crippen molar-refractivity contribution >= 4 is 28.8 Å². The lowest BCUT2D eigenvalue weighted by molar-refractivity contribution is -0.137. The van der Waals surface area contributed by atoms with Crippen molar-refractivity contribution < 1.29 is 32.6 Å². The van der Waals surface area contributed by atoms with E-state index in [4.69, 9.17) is 4.42 Å². The molecule has 0 atom stereocenters. The van der Waals surface area contributed by atoms with Gasteiger partial charge in [0.2, 0.25) is 0 Å². The first-order valence-electron chi connectivity index (χ1n) is 14.8. The molecule has 2 saturated heterocycles. The molecule has 2 aliphatic heterocycles. The minimum absolute atomic E-state index is 0.0799. The number of aromatic carboxylic acids is 1. The van der Waals surface area contributed by atoms with E-state index in [0.717, 1.165) is 31.2 Å². The van der Waals surface area contributed by atoms with E-state index < -0.39 is 34.3 Å². The summed E-state index contributed by atoms with van der Waals surface area (Å²) in [5, 5.41) is 19.8. The summed E-state index contributed by atoms with van der Waals surface area (Å²) in [4.78, 5) is 35.2. The SMILES string of the molecule is CC(C)(O)CN1CCN(c2nc3ccc(-n4cc(C(=O)O)c(=O)cc4-c4ccc(N5CCCC5)c(C(F)(F)F)c4)cc3o2)CC1. The number of β-amino-alcohol motifs (C(OH)–C–C–N with tert-alkyl or cyclic N) is 1. The summed E-state index contributed by atoms with van der Waals surface area (Å²) < 4.78 is 50.3. The van der Waals surface area contributed by atoms with E-state index in [1.54, 1.807) is 36.9 Å². The number of hydrogen-bond acceptors (Lipinski definition) is 8. The van der Waals surface area contributed by atoms with Crippen LogP contribution in [-0.2, 0) is 6.18 Å². The number of aliphatic hydroxyl groups is 1. The maximum Gasteiger partial charge on any atom is 0.418 e. The van der Waals surface area contributed by atoms with Gasteiger partial charge in [0.15, 0.2) is 11.0 Å². The third-order valence-corrected chi connectivity index (χ3v) is 8.22. The molecule has 2 aliphatic rings. The number of alkyl halides is 3. The van der Waals surface area contributed by atoms with E-state index in [0.29, 0.717) is 68.6 Å². The molecule has 0 aliphatic carbocycles. The number of fused-ring (bicyclic) bond motifs is 1. The highest BCUT2D eigenvalue weighted by atomic mass is 19.4. The van der Waals surface area contributed by atoms with Gasteiger partial charge in [-0.05, 0) is 56.5 Å². The molecule has 10 nitrogen and oxygen atoms in total. The van der Waals surface area contributed by atoms with Crippen molar-refractivity contribution in [3.05, 3.63) is 70.0 Å². The number of pyridine rings is 1. The Morgan fingerprint density at radius 3 is 2.31 bits per heavy atom. The predicted molar refractivity (Wildman–Crippen MR) is 163 cm³/mol. The van der Waals surface area contributed by atoms with Crippen LogP contribution in [0.1, 0.15) is 42.6 Å². The molecule has 2 N–H and O–H groups in total. The Morgan fingerprint density at radius 2 is 1.67 bits per heavy atom. The average Bonchev–Trinajstić information content (AvgIpc) is 3.66. The lowest BCUT2D eigenvalue weighted by atomic mass is 10.0. The molecule has 0 radical (unpaired) electrons. The summed E-state index contributed by atoms with van der Waals surface area (Å²) in [6, 6.07) is 10.4. The van der Waals surface area contributed by atoms with Gasteiger partial charge >= 0.3 is 12.1 Å². The summed E-state index contributed by atoms with van der Waals surface area (Å²) in [5.74, 6) is -1.45. The number of rotatable bonds is 7. The number of carboxylic acid groups (broad SMARTS) is 1. The number of piperazine rings is 1. The Hall–Kier alpha value is -4.36. The van der Waals surface area contributed by atoms with E-state index in [1.807, 2.05) is 4.90 Å². The Morgan fingerprint density at radius 1 is 0.956 bits per heavy atom. The van der Waals surface area contributed by atoms with Crippen molar-refractivity contribution in [3.8, 4) is 16.9 Å². The van der Waals surface area contributed by atoms with Gasteiger partial charge in [0.05, 0.1) is 16.9 Å². The molecule has 2 aromatic carbocycles. The standard InChI is InChI=1S/C32H34F3N5O5/c1-31(2,44)19-37-11-13-39(14-12-37)30-36-24-7-6-21(16-28(24)45-30)40-18-22(29(42)43)27(41)17-26(40)20-5-8-25(38-9-3-4-10-38)23(15-20)32(33,34)35/h5-8,15-18,44H,3-4,9-14,19H2,1-2H3,(H,42,43).